The summed E-state index contributed by atoms with van der Waals surface area (Å²) in [6, 6.07) is 1.91. The number of hydrogen-bond donors (Lipinski definition) is 2. The summed E-state index contributed by atoms with van der Waals surface area (Å²) in [5.41, 5.74) is 1.01. The predicted octanol–water partition coefficient (Wildman–Crippen LogP) is 2.60. The number of hydrogen-bond acceptors (Lipinski definition) is 3. The number of aromatic nitrogens is 1. The average molecular weight is 212 g/mol. The molecule has 1 aromatic rings. The standard InChI is InChI=1S/C10H14ClN3/c1-2-7-4-12-9-3-8(11)6-14-10(9)13-5-7/h3,6-7,12H,2,4-5H2,1H3,(H,13,14). The Bertz CT molecular complexity index is 327. The number of anilines is 2. The summed E-state index contributed by atoms with van der Waals surface area (Å²) in [5.74, 6) is 1.56. The third-order valence-electron chi connectivity index (χ3n) is 2.57. The Morgan fingerprint density at radius 1 is 1.50 bits per heavy atom. The Balaban J connectivity index is 2.21. The first kappa shape index (κ1) is 9.59. The van der Waals surface area contributed by atoms with Crippen LogP contribution in [0.5, 0.6) is 0 Å². The number of nitrogens with zero attached hydrogens (tertiary/aromatic N) is 1. The van der Waals surface area contributed by atoms with Crippen molar-refractivity contribution >= 4 is 23.1 Å². The predicted molar refractivity (Wildman–Crippen MR) is 60.0 cm³/mol. The average Bonchev–Trinajstić information content (AvgIpc) is 2.39. The highest BCUT2D eigenvalue weighted by Gasteiger charge is 2.14. The molecule has 76 valence electrons. The fourth-order valence-corrected chi connectivity index (χ4v) is 1.73. The van der Waals surface area contributed by atoms with E-state index in [9.17, 15) is 0 Å². The van der Waals surface area contributed by atoms with Crippen molar-refractivity contribution in [2.24, 2.45) is 5.92 Å². The quantitative estimate of drug-likeness (QED) is 0.750. The molecule has 2 heterocycles. The minimum atomic E-state index is 0.656. The summed E-state index contributed by atoms with van der Waals surface area (Å²) in [6.07, 6.45) is 2.84. The molecular formula is C10H14ClN3. The van der Waals surface area contributed by atoms with Crippen molar-refractivity contribution in [2.75, 3.05) is 23.7 Å². The van der Waals surface area contributed by atoms with Crippen molar-refractivity contribution in [1.82, 2.24) is 4.98 Å². The highest BCUT2D eigenvalue weighted by Crippen LogP contribution is 2.25. The third kappa shape index (κ3) is 1.93. The van der Waals surface area contributed by atoms with E-state index in [2.05, 4.69) is 22.5 Å². The van der Waals surface area contributed by atoms with Gasteiger partial charge < -0.3 is 10.6 Å². The Labute approximate surface area is 88.9 Å². The van der Waals surface area contributed by atoms with Crippen molar-refractivity contribution in [1.29, 1.82) is 0 Å². The molecule has 14 heavy (non-hydrogen) atoms. The zero-order valence-corrected chi connectivity index (χ0v) is 8.93. The van der Waals surface area contributed by atoms with E-state index in [1.165, 1.54) is 6.42 Å². The molecule has 0 bridgehead atoms. The smallest absolute Gasteiger partial charge is 0.149 e. The largest absolute Gasteiger partial charge is 0.382 e. The first-order valence-corrected chi connectivity index (χ1v) is 5.30. The first-order valence-electron chi connectivity index (χ1n) is 4.93. The maximum Gasteiger partial charge on any atom is 0.149 e. The van der Waals surface area contributed by atoms with Gasteiger partial charge >= 0.3 is 0 Å². The maximum atomic E-state index is 5.87. The monoisotopic (exact) mass is 211 g/mol. The second-order valence-corrected chi connectivity index (χ2v) is 4.02. The molecule has 0 amide bonds. The van der Waals surface area contributed by atoms with Gasteiger partial charge in [0.2, 0.25) is 0 Å². The fourth-order valence-electron chi connectivity index (χ4n) is 1.57. The number of fused-ring (bicyclic) bond motifs is 1. The molecule has 1 aliphatic rings. The molecule has 1 atom stereocenters. The fraction of sp³-hybridized carbons (Fsp3) is 0.500. The van der Waals surface area contributed by atoms with Gasteiger partial charge in [0.15, 0.2) is 0 Å². The Morgan fingerprint density at radius 3 is 3.07 bits per heavy atom. The summed E-state index contributed by atoms with van der Waals surface area (Å²) >= 11 is 5.87. The topological polar surface area (TPSA) is 37.0 Å². The Kier molecular flexibility index (Phi) is 2.77. The maximum absolute atomic E-state index is 5.87. The molecule has 1 unspecified atom stereocenters. The zero-order valence-electron chi connectivity index (χ0n) is 8.18. The Hall–Kier alpha value is -0.960. The van der Waals surface area contributed by atoms with Crippen molar-refractivity contribution in [3.63, 3.8) is 0 Å². The zero-order chi connectivity index (χ0) is 9.97. The van der Waals surface area contributed by atoms with Crippen molar-refractivity contribution in [3.8, 4) is 0 Å². The first-order chi connectivity index (χ1) is 6.79. The highest BCUT2D eigenvalue weighted by molar-refractivity contribution is 6.30. The van der Waals surface area contributed by atoms with E-state index in [1.54, 1.807) is 6.20 Å². The van der Waals surface area contributed by atoms with Gasteiger partial charge in [0.25, 0.3) is 0 Å². The van der Waals surface area contributed by atoms with Gasteiger partial charge in [-0.1, -0.05) is 18.5 Å². The molecule has 0 aromatic carbocycles. The lowest BCUT2D eigenvalue weighted by Crippen LogP contribution is -2.17. The second-order valence-electron chi connectivity index (χ2n) is 3.59. The van der Waals surface area contributed by atoms with Gasteiger partial charge in [-0.15, -0.1) is 0 Å². The van der Waals surface area contributed by atoms with Gasteiger partial charge in [0, 0.05) is 19.3 Å². The van der Waals surface area contributed by atoms with Gasteiger partial charge in [-0.3, -0.25) is 0 Å². The van der Waals surface area contributed by atoms with Crippen LogP contribution >= 0.6 is 11.6 Å². The minimum Gasteiger partial charge on any atom is -0.382 e. The van der Waals surface area contributed by atoms with Crippen LogP contribution in [0, 0.1) is 5.92 Å². The van der Waals surface area contributed by atoms with Crippen LogP contribution in [-0.4, -0.2) is 18.1 Å². The molecule has 0 spiro atoms. The molecular weight excluding hydrogens is 198 g/mol. The van der Waals surface area contributed by atoms with Crippen molar-refractivity contribution < 1.29 is 0 Å². The van der Waals surface area contributed by atoms with Crippen LogP contribution in [0.1, 0.15) is 13.3 Å². The van der Waals surface area contributed by atoms with Gasteiger partial charge in [-0.05, 0) is 18.4 Å². The van der Waals surface area contributed by atoms with Crippen LogP contribution in [0.2, 0.25) is 5.02 Å². The lowest BCUT2D eigenvalue weighted by Gasteiger charge is -2.10. The summed E-state index contributed by atoms with van der Waals surface area (Å²) in [7, 11) is 0. The molecule has 0 saturated heterocycles. The molecule has 4 heteroatoms. The van der Waals surface area contributed by atoms with Crippen molar-refractivity contribution in [3.05, 3.63) is 17.3 Å². The molecule has 1 aromatic heterocycles. The van der Waals surface area contributed by atoms with Gasteiger partial charge in [0.05, 0.1) is 10.7 Å². The Morgan fingerprint density at radius 2 is 2.29 bits per heavy atom. The summed E-state index contributed by atoms with van der Waals surface area (Å²) in [4.78, 5) is 4.24. The SMILES string of the molecule is CCC1CNc2cc(Cl)cnc2NC1. The van der Waals surface area contributed by atoms with Crippen molar-refractivity contribution in [2.45, 2.75) is 13.3 Å². The number of halogens is 1. The summed E-state index contributed by atoms with van der Waals surface area (Å²) < 4.78 is 0. The van der Waals surface area contributed by atoms with E-state index in [4.69, 9.17) is 11.6 Å². The molecule has 0 radical (unpaired) electrons. The van der Waals surface area contributed by atoms with E-state index in [1.807, 2.05) is 6.07 Å². The van der Waals surface area contributed by atoms with E-state index in [0.717, 1.165) is 24.6 Å². The lowest BCUT2D eigenvalue weighted by molar-refractivity contribution is 0.569. The molecule has 2 N–H and O–H groups in total. The molecule has 2 rings (SSSR count). The van der Waals surface area contributed by atoms with Crippen LogP contribution in [0.25, 0.3) is 0 Å². The molecule has 0 saturated carbocycles. The summed E-state index contributed by atoms with van der Waals surface area (Å²) in [6.45, 7) is 4.16. The lowest BCUT2D eigenvalue weighted by atomic mass is 10.1. The molecule has 1 aliphatic heterocycles. The minimum absolute atomic E-state index is 0.656. The normalized spacial score (nSPS) is 20.3. The van der Waals surface area contributed by atoms with E-state index < -0.39 is 0 Å². The summed E-state index contributed by atoms with van der Waals surface area (Å²) in [5, 5.41) is 7.35. The van der Waals surface area contributed by atoms with Crippen LogP contribution < -0.4 is 10.6 Å². The number of rotatable bonds is 1. The number of nitrogens with one attached hydrogen (secondary N) is 2. The van der Waals surface area contributed by atoms with Crippen LogP contribution in [0.3, 0.4) is 0 Å². The van der Waals surface area contributed by atoms with Crippen LogP contribution in [0.4, 0.5) is 11.5 Å². The number of pyridine rings is 1. The van der Waals surface area contributed by atoms with E-state index >= 15 is 0 Å². The van der Waals surface area contributed by atoms with Crippen LogP contribution in [0.15, 0.2) is 12.3 Å². The molecule has 3 nitrogen and oxygen atoms in total. The van der Waals surface area contributed by atoms with Gasteiger partial charge in [-0.2, -0.15) is 0 Å². The van der Waals surface area contributed by atoms with E-state index in [-0.39, 0.29) is 0 Å². The highest BCUT2D eigenvalue weighted by atomic mass is 35.5. The van der Waals surface area contributed by atoms with Gasteiger partial charge in [0.1, 0.15) is 5.82 Å². The van der Waals surface area contributed by atoms with Gasteiger partial charge in [-0.25, -0.2) is 4.98 Å². The van der Waals surface area contributed by atoms with E-state index in [0.29, 0.717) is 10.9 Å². The second kappa shape index (κ2) is 4.05. The third-order valence-corrected chi connectivity index (χ3v) is 2.78. The molecule has 0 aliphatic carbocycles. The molecule has 0 fully saturated rings. The van der Waals surface area contributed by atoms with Crippen LogP contribution in [-0.2, 0) is 0 Å².